The number of aliphatic hydroxyl groups is 1. The number of carbonyl (C=O) groups is 1. The molecular formula is C20H24N2O3. The van der Waals surface area contributed by atoms with Crippen LogP contribution in [0.1, 0.15) is 23.5 Å². The molecular weight excluding hydrogens is 316 g/mol. The predicted molar refractivity (Wildman–Crippen MR) is 96.6 cm³/mol. The fourth-order valence-electron chi connectivity index (χ4n) is 3.09. The molecule has 0 heterocycles. The van der Waals surface area contributed by atoms with E-state index in [2.05, 4.69) is 17.4 Å². The quantitative estimate of drug-likeness (QED) is 0.815. The van der Waals surface area contributed by atoms with Gasteiger partial charge in [0, 0.05) is 24.1 Å². The molecule has 2 amide bonds. The average molecular weight is 340 g/mol. The van der Waals surface area contributed by atoms with E-state index in [-0.39, 0.29) is 25.2 Å². The standard InChI is InChI=1S/C20H24N2O3/c1-25-19-10-6-5-9-16(19)14-22(11-12-23)20(24)21-18-13-17(18)15-7-3-2-4-8-15/h2-10,17-18,23H,11-14H2,1H3,(H,21,24). The van der Waals surface area contributed by atoms with Crippen LogP contribution in [0.4, 0.5) is 4.79 Å². The Morgan fingerprint density at radius 1 is 1.20 bits per heavy atom. The fourth-order valence-corrected chi connectivity index (χ4v) is 3.09. The highest BCUT2D eigenvalue weighted by Crippen LogP contribution is 2.40. The molecule has 132 valence electrons. The number of rotatable bonds is 7. The first kappa shape index (κ1) is 17.3. The van der Waals surface area contributed by atoms with E-state index in [1.54, 1.807) is 12.0 Å². The first-order chi connectivity index (χ1) is 12.2. The Bertz CT molecular complexity index is 705. The van der Waals surface area contributed by atoms with Gasteiger partial charge in [0.25, 0.3) is 0 Å². The summed E-state index contributed by atoms with van der Waals surface area (Å²) in [6.45, 7) is 0.612. The second kappa shape index (κ2) is 8.03. The molecule has 3 rings (SSSR count). The first-order valence-corrected chi connectivity index (χ1v) is 8.56. The molecule has 5 heteroatoms. The number of hydrogen-bond donors (Lipinski definition) is 2. The van der Waals surface area contributed by atoms with Gasteiger partial charge in [0.05, 0.1) is 20.3 Å². The van der Waals surface area contributed by atoms with Crippen molar-refractivity contribution >= 4 is 6.03 Å². The van der Waals surface area contributed by atoms with E-state index in [0.29, 0.717) is 12.5 Å². The Hall–Kier alpha value is -2.53. The van der Waals surface area contributed by atoms with E-state index in [0.717, 1.165) is 17.7 Å². The molecule has 1 saturated carbocycles. The van der Waals surface area contributed by atoms with Crippen LogP contribution in [0.15, 0.2) is 54.6 Å². The number of nitrogens with one attached hydrogen (secondary N) is 1. The molecule has 0 aromatic heterocycles. The van der Waals surface area contributed by atoms with Crippen molar-refractivity contribution in [3.63, 3.8) is 0 Å². The Labute approximate surface area is 148 Å². The van der Waals surface area contributed by atoms with Gasteiger partial charge in [-0.2, -0.15) is 0 Å². The van der Waals surface area contributed by atoms with E-state index in [1.165, 1.54) is 5.56 Å². The minimum absolute atomic E-state index is 0.0741. The third-order valence-electron chi connectivity index (χ3n) is 4.54. The average Bonchev–Trinajstić information content (AvgIpc) is 3.41. The lowest BCUT2D eigenvalue weighted by atomic mass is 10.1. The molecule has 1 aliphatic rings. The summed E-state index contributed by atoms with van der Waals surface area (Å²) in [5, 5.41) is 12.4. The number of para-hydroxylation sites is 1. The zero-order valence-corrected chi connectivity index (χ0v) is 14.4. The van der Waals surface area contributed by atoms with Crippen molar-refractivity contribution in [3.05, 3.63) is 65.7 Å². The van der Waals surface area contributed by atoms with Crippen LogP contribution in [0.3, 0.4) is 0 Å². The summed E-state index contributed by atoms with van der Waals surface area (Å²) in [5.41, 5.74) is 2.18. The monoisotopic (exact) mass is 340 g/mol. The molecule has 0 spiro atoms. The normalized spacial score (nSPS) is 18.5. The minimum Gasteiger partial charge on any atom is -0.496 e. The zero-order chi connectivity index (χ0) is 17.6. The molecule has 0 aliphatic heterocycles. The van der Waals surface area contributed by atoms with Crippen molar-refractivity contribution in [3.8, 4) is 5.75 Å². The summed E-state index contributed by atoms with van der Waals surface area (Å²) in [4.78, 5) is 14.3. The molecule has 0 saturated heterocycles. The zero-order valence-electron chi connectivity index (χ0n) is 14.4. The van der Waals surface area contributed by atoms with Crippen molar-refractivity contribution < 1.29 is 14.6 Å². The van der Waals surface area contributed by atoms with Crippen molar-refractivity contribution in [2.45, 2.75) is 24.9 Å². The Kier molecular flexibility index (Phi) is 5.56. The summed E-state index contributed by atoms with van der Waals surface area (Å²) < 4.78 is 5.35. The van der Waals surface area contributed by atoms with E-state index >= 15 is 0 Å². The molecule has 2 atom stereocenters. The van der Waals surface area contributed by atoms with E-state index in [4.69, 9.17) is 4.74 Å². The number of ether oxygens (including phenoxy) is 1. The van der Waals surface area contributed by atoms with Crippen molar-refractivity contribution in [2.75, 3.05) is 20.3 Å². The van der Waals surface area contributed by atoms with Crippen LogP contribution >= 0.6 is 0 Å². The summed E-state index contributed by atoms with van der Waals surface area (Å²) in [5.74, 6) is 1.12. The molecule has 25 heavy (non-hydrogen) atoms. The second-order valence-electron chi connectivity index (χ2n) is 6.27. The molecule has 2 aromatic rings. The molecule has 1 fully saturated rings. The third-order valence-corrected chi connectivity index (χ3v) is 4.54. The molecule has 0 bridgehead atoms. The van der Waals surface area contributed by atoms with Gasteiger partial charge in [-0.3, -0.25) is 0 Å². The van der Waals surface area contributed by atoms with Crippen LogP contribution in [-0.4, -0.2) is 42.3 Å². The number of amides is 2. The van der Waals surface area contributed by atoms with Crippen LogP contribution in [0.25, 0.3) is 0 Å². The van der Waals surface area contributed by atoms with Crippen LogP contribution in [0, 0.1) is 0 Å². The number of nitrogens with zero attached hydrogens (tertiary/aromatic N) is 1. The van der Waals surface area contributed by atoms with Crippen LogP contribution in [0.2, 0.25) is 0 Å². The SMILES string of the molecule is COc1ccccc1CN(CCO)C(=O)NC1CC1c1ccccc1. The minimum atomic E-state index is -0.150. The molecule has 5 nitrogen and oxygen atoms in total. The lowest BCUT2D eigenvalue weighted by Gasteiger charge is -2.23. The largest absolute Gasteiger partial charge is 0.496 e. The molecule has 0 radical (unpaired) electrons. The fraction of sp³-hybridized carbons (Fsp3) is 0.350. The van der Waals surface area contributed by atoms with E-state index in [1.807, 2.05) is 42.5 Å². The maximum Gasteiger partial charge on any atom is 0.318 e. The van der Waals surface area contributed by atoms with Gasteiger partial charge in [0.2, 0.25) is 0 Å². The van der Waals surface area contributed by atoms with Gasteiger partial charge in [-0.05, 0) is 18.1 Å². The highest BCUT2D eigenvalue weighted by Gasteiger charge is 2.40. The van der Waals surface area contributed by atoms with Crippen LogP contribution in [-0.2, 0) is 6.54 Å². The van der Waals surface area contributed by atoms with Crippen LogP contribution < -0.4 is 10.1 Å². The predicted octanol–water partition coefficient (Wildman–Crippen LogP) is 2.76. The maximum atomic E-state index is 12.6. The van der Waals surface area contributed by atoms with E-state index in [9.17, 15) is 9.90 Å². The molecule has 2 unspecified atom stereocenters. The van der Waals surface area contributed by atoms with Gasteiger partial charge in [-0.25, -0.2) is 4.79 Å². The highest BCUT2D eigenvalue weighted by atomic mass is 16.5. The summed E-state index contributed by atoms with van der Waals surface area (Å²) in [7, 11) is 1.62. The van der Waals surface area contributed by atoms with Crippen molar-refractivity contribution in [1.29, 1.82) is 0 Å². The lowest BCUT2D eigenvalue weighted by molar-refractivity contribution is 0.173. The van der Waals surface area contributed by atoms with Gasteiger partial charge in [0.15, 0.2) is 0 Å². The molecule has 1 aliphatic carbocycles. The Balaban J connectivity index is 1.62. The van der Waals surface area contributed by atoms with E-state index < -0.39 is 0 Å². The highest BCUT2D eigenvalue weighted by molar-refractivity contribution is 5.75. The smallest absolute Gasteiger partial charge is 0.318 e. The van der Waals surface area contributed by atoms with Crippen molar-refractivity contribution in [1.82, 2.24) is 10.2 Å². The molecule has 2 N–H and O–H groups in total. The van der Waals surface area contributed by atoms with Gasteiger partial charge < -0.3 is 20.1 Å². The number of hydrogen-bond acceptors (Lipinski definition) is 3. The topological polar surface area (TPSA) is 61.8 Å². The number of benzene rings is 2. The van der Waals surface area contributed by atoms with Gasteiger partial charge in [0.1, 0.15) is 5.75 Å². The number of carbonyl (C=O) groups excluding carboxylic acids is 1. The van der Waals surface area contributed by atoms with Crippen LogP contribution in [0.5, 0.6) is 5.75 Å². The summed E-state index contributed by atoms with van der Waals surface area (Å²) in [6.07, 6.45) is 0.956. The first-order valence-electron chi connectivity index (χ1n) is 8.56. The number of urea groups is 1. The summed E-state index contributed by atoms with van der Waals surface area (Å²) in [6, 6.07) is 17.9. The Morgan fingerprint density at radius 3 is 2.64 bits per heavy atom. The van der Waals surface area contributed by atoms with Gasteiger partial charge in [-0.15, -0.1) is 0 Å². The summed E-state index contributed by atoms with van der Waals surface area (Å²) >= 11 is 0. The molecule has 2 aromatic carbocycles. The van der Waals surface area contributed by atoms with Gasteiger partial charge in [-0.1, -0.05) is 48.5 Å². The van der Waals surface area contributed by atoms with Crippen molar-refractivity contribution in [2.24, 2.45) is 0 Å². The lowest BCUT2D eigenvalue weighted by Crippen LogP contribution is -2.42. The second-order valence-corrected chi connectivity index (χ2v) is 6.27. The third kappa shape index (κ3) is 4.31. The number of methoxy groups -OCH3 is 1. The van der Waals surface area contributed by atoms with Gasteiger partial charge >= 0.3 is 6.03 Å². The number of aliphatic hydroxyl groups excluding tert-OH is 1. The Morgan fingerprint density at radius 2 is 1.92 bits per heavy atom. The maximum absolute atomic E-state index is 12.6.